The molecule has 0 radical (unpaired) electrons. The van der Waals surface area contributed by atoms with Gasteiger partial charge < -0.3 is 20.2 Å². The Balaban J connectivity index is 1.60. The summed E-state index contributed by atoms with van der Waals surface area (Å²) in [5.41, 5.74) is 5.13. The van der Waals surface area contributed by atoms with E-state index in [0.717, 1.165) is 29.3 Å². The first-order valence-corrected chi connectivity index (χ1v) is 11.1. The first-order chi connectivity index (χ1) is 15.1. The van der Waals surface area contributed by atoms with Crippen molar-refractivity contribution in [2.75, 3.05) is 24.5 Å². The normalized spacial score (nSPS) is 17.4. The SMILES string of the molecule is CCOc1ccc(NC(=O)C2Sc3nnc(CC)n3NC2c2ccc(OC)cc2)cc1. The smallest absolute Gasteiger partial charge is 0.240 e. The van der Waals surface area contributed by atoms with Crippen LogP contribution in [0.25, 0.3) is 0 Å². The van der Waals surface area contributed by atoms with Gasteiger partial charge in [-0.3, -0.25) is 4.79 Å². The van der Waals surface area contributed by atoms with Crippen molar-refractivity contribution in [1.29, 1.82) is 0 Å². The van der Waals surface area contributed by atoms with Gasteiger partial charge >= 0.3 is 0 Å². The van der Waals surface area contributed by atoms with Gasteiger partial charge in [-0.25, -0.2) is 4.68 Å². The van der Waals surface area contributed by atoms with E-state index in [1.165, 1.54) is 11.8 Å². The van der Waals surface area contributed by atoms with E-state index < -0.39 is 5.25 Å². The standard InChI is InChI=1S/C22H25N5O3S/c1-4-18-24-25-22-27(18)26-19(14-6-10-16(29-3)11-7-14)20(31-22)21(28)23-15-8-12-17(13-9-15)30-5-2/h6-13,19-20,26H,4-5H2,1-3H3,(H,23,28). The van der Waals surface area contributed by atoms with Gasteiger partial charge in [-0.15, -0.1) is 10.2 Å². The maximum absolute atomic E-state index is 13.3. The second-order valence-corrected chi connectivity index (χ2v) is 8.06. The van der Waals surface area contributed by atoms with Gasteiger partial charge in [0.25, 0.3) is 0 Å². The lowest BCUT2D eigenvalue weighted by Crippen LogP contribution is -2.41. The monoisotopic (exact) mass is 439 g/mol. The molecule has 0 bridgehead atoms. The first-order valence-electron chi connectivity index (χ1n) is 10.2. The van der Waals surface area contributed by atoms with Crippen LogP contribution < -0.4 is 20.2 Å². The van der Waals surface area contributed by atoms with Crippen molar-refractivity contribution < 1.29 is 14.3 Å². The molecule has 0 spiro atoms. The van der Waals surface area contributed by atoms with Crippen LogP contribution in [0.15, 0.2) is 53.7 Å². The Morgan fingerprint density at radius 2 is 1.81 bits per heavy atom. The quantitative estimate of drug-likeness (QED) is 0.581. The van der Waals surface area contributed by atoms with Crippen LogP contribution in [0.3, 0.4) is 0 Å². The molecule has 0 saturated heterocycles. The molecule has 2 aromatic carbocycles. The summed E-state index contributed by atoms with van der Waals surface area (Å²) in [6.07, 6.45) is 0.735. The molecule has 2 heterocycles. The topological polar surface area (TPSA) is 90.3 Å². The second kappa shape index (κ2) is 9.30. The molecule has 2 unspecified atom stereocenters. The van der Waals surface area contributed by atoms with Gasteiger partial charge in [0.05, 0.1) is 19.8 Å². The van der Waals surface area contributed by atoms with Crippen LogP contribution in [0, 0.1) is 0 Å². The average Bonchev–Trinajstić information content (AvgIpc) is 3.22. The molecule has 162 valence electrons. The van der Waals surface area contributed by atoms with Crippen molar-refractivity contribution in [2.24, 2.45) is 0 Å². The third-order valence-corrected chi connectivity index (χ3v) is 6.20. The number of benzene rings is 2. The first kappa shape index (κ1) is 21.0. The van der Waals surface area contributed by atoms with Gasteiger partial charge in [-0.05, 0) is 48.9 Å². The second-order valence-electron chi connectivity index (χ2n) is 6.95. The number of amides is 1. The van der Waals surface area contributed by atoms with E-state index in [9.17, 15) is 4.79 Å². The minimum Gasteiger partial charge on any atom is -0.497 e. The van der Waals surface area contributed by atoms with Crippen LogP contribution in [0.1, 0.15) is 31.3 Å². The maximum Gasteiger partial charge on any atom is 0.240 e. The summed E-state index contributed by atoms with van der Waals surface area (Å²) < 4.78 is 12.6. The van der Waals surface area contributed by atoms with Crippen LogP contribution in [0.5, 0.6) is 11.5 Å². The summed E-state index contributed by atoms with van der Waals surface area (Å²) in [5, 5.41) is 11.7. The molecule has 9 heteroatoms. The van der Waals surface area contributed by atoms with E-state index >= 15 is 0 Å². The van der Waals surface area contributed by atoms with Gasteiger partial charge in [-0.1, -0.05) is 30.8 Å². The Morgan fingerprint density at radius 3 is 2.45 bits per heavy atom. The summed E-state index contributed by atoms with van der Waals surface area (Å²) in [5.74, 6) is 2.24. The third kappa shape index (κ3) is 4.46. The largest absolute Gasteiger partial charge is 0.497 e. The highest BCUT2D eigenvalue weighted by molar-refractivity contribution is 8.00. The molecule has 1 amide bonds. The lowest BCUT2D eigenvalue weighted by atomic mass is 10.0. The molecule has 4 rings (SSSR count). The zero-order valence-corrected chi connectivity index (χ0v) is 18.5. The van der Waals surface area contributed by atoms with Crippen LogP contribution in [-0.2, 0) is 11.2 Å². The zero-order valence-electron chi connectivity index (χ0n) is 17.7. The molecule has 31 heavy (non-hydrogen) atoms. The number of nitrogens with one attached hydrogen (secondary N) is 2. The predicted octanol–water partition coefficient (Wildman–Crippen LogP) is 3.65. The number of hydrogen-bond acceptors (Lipinski definition) is 7. The summed E-state index contributed by atoms with van der Waals surface area (Å²) in [4.78, 5) is 13.3. The van der Waals surface area contributed by atoms with Crippen LogP contribution in [0.4, 0.5) is 5.69 Å². The number of aryl methyl sites for hydroxylation is 1. The number of anilines is 1. The molecule has 1 aliphatic heterocycles. The fourth-order valence-electron chi connectivity index (χ4n) is 3.40. The Hall–Kier alpha value is -3.20. The van der Waals surface area contributed by atoms with E-state index in [0.29, 0.717) is 17.5 Å². The molecule has 0 saturated carbocycles. The molecule has 8 nitrogen and oxygen atoms in total. The van der Waals surface area contributed by atoms with Crippen molar-refractivity contribution in [2.45, 2.75) is 36.7 Å². The zero-order chi connectivity index (χ0) is 21.8. The number of rotatable bonds is 7. The van der Waals surface area contributed by atoms with Crippen molar-refractivity contribution in [3.8, 4) is 11.5 Å². The van der Waals surface area contributed by atoms with Crippen LogP contribution >= 0.6 is 11.8 Å². The van der Waals surface area contributed by atoms with Crippen LogP contribution in [-0.4, -0.2) is 39.7 Å². The third-order valence-electron chi connectivity index (χ3n) is 4.99. The number of hydrogen-bond donors (Lipinski definition) is 2. The van der Waals surface area contributed by atoms with Crippen molar-refractivity contribution in [3.63, 3.8) is 0 Å². The van der Waals surface area contributed by atoms with Gasteiger partial charge in [0, 0.05) is 12.1 Å². The fourth-order valence-corrected chi connectivity index (χ4v) is 4.50. The molecule has 0 aliphatic carbocycles. The lowest BCUT2D eigenvalue weighted by Gasteiger charge is -2.33. The molecule has 0 fully saturated rings. The average molecular weight is 440 g/mol. The molecule has 1 aliphatic rings. The van der Waals surface area contributed by atoms with Crippen molar-refractivity contribution in [1.82, 2.24) is 14.9 Å². The Bertz CT molecular complexity index is 1040. The number of carbonyl (C=O) groups excluding carboxylic acids is 1. The van der Waals surface area contributed by atoms with E-state index in [2.05, 4.69) is 20.9 Å². The highest BCUT2D eigenvalue weighted by Crippen LogP contribution is 2.38. The molecule has 3 aromatic rings. The number of methoxy groups -OCH3 is 1. The summed E-state index contributed by atoms with van der Waals surface area (Å²) in [6.45, 7) is 4.56. The number of nitrogens with zero attached hydrogens (tertiary/aromatic N) is 3. The lowest BCUT2D eigenvalue weighted by molar-refractivity contribution is -0.116. The highest BCUT2D eigenvalue weighted by Gasteiger charge is 2.37. The number of aromatic nitrogens is 3. The van der Waals surface area contributed by atoms with E-state index in [1.807, 2.05) is 67.1 Å². The highest BCUT2D eigenvalue weighted by atomic mass is 32.2. The van der Waals surface area contributed by atoms with Gasteiger partial charge in [0.15, 0.2) is 5.82 Å². The molecule has 1 aromatic heterocycles. The van der Waals surface area contributed by atoms with Crippen LogP contribution in [0.2, 0.25) is 0 Å². The van der Waals surface area contributed by atoms with E-state index in [1.54, 1.807) is 7.11 Å². The molecule has 2 N–H and O–H groups in total. The van der Waals surface area contributed by atoms with Crippen molar-refractivity contribution in [3.05, 3.63) is 59.9 Å². The van der Waals surface area contributed by atoms with E-state index in [-0.39, 0.29) is 11.9 Å². The summed E-state index contributed by atoms with van der Waals surface area (Å²) in [7, 11) is 1.63. The molecular formula is C22H25N5O3S. The maximum atomic E-state index is 13.3. The molecular weight excluding hydrogens is 414 g/mol. The van der Waals surface area contributed by atoms with Gasteiger partial charge in [0.1, 0.15) is 16.7 Å². The Morgan fingerprint density at radius 1 is 1.10 bits per heavy atom. The molecule has 2 atom stereocenters. The summed E-state index contributed by atoms with van der Waals surface area (Å²) >= 11 is 1.40. The van der Waals surface area contributed by atoms with Crippen molar-refractivity contribution >= 4 is 23.4 Å². The summed E-state index contributed by atoms with van der Waals surface area (Å²) in [6, 6.07) is 14.8. The predicted molar refractivity (Wildman–Crippen MR) is 120 cm³/mol. The Labute approximate surface area is 185 Å². The number of ether oxygens (including phenoxy) is 2. The van der Waals surface area contributed by atoms with E-state index in [4.69, 9.17) is 9.47 Å². The number of fused-ring (bicyclic) bond motifs is 1. The number of carbonyl (C=O) groups is 1. The van der Waals surface area contributed by atoms with Gasteiger partial charge in [-0.2, -0.15) is 0 Å². The minimum atomic E-state index is -0.443. The number of thioether (sulfide) groups is 1. The fraction of sp³-hybridized carbons (Fsp3) is 0.318. The Kier molecular flexibility index (Phi) is 6.31. The van der Waals surface area contributed by atoms with Gasteiger partial charge in [0.2, 0.25) is 11.1 Å². The minimum absolute atomic E-state index is 0.116.